The van der Waals surface area contributed by atoms with Crippen molar-refractivity contribution in [2.45, 2.75) is 18.9 Å². The number of ether oxygens (including phenoxy) is 1. The van der Waals surface area contributed by atoms with E-state index in [-0.39, 0.29) is 17.8 Å². The Hall–Kier alpha value is -1.55. The minimum Gasteiger partial charge on any atom is -0.508 e. The normalized spacial score (nSPS) is 18.9. The second-order valence-corrected chi connectivity index (χ2v) is 3.92. The minimum atomic E-state index is -0.224. The third-order valence-electron chi connectivity index (χ3n) is 2.89. The minimum absolute atomic E-state index is 0.00296. The molecule has 0 saturated carbocycles. The van der Waals surface area contributed by atoms with Gasteiger partial charge in [-0.2, -0.15) is 0 Å². The second kappa shape index (κ2) is 4.53. The third-order valence-corrected chi connectivity index (χ3v) is 2.89. The first-order valence-electron chi connectivity index (χ1n) is 5.32. The molecule has 1 atom stereocenters. The molecule has 4 nitrogen and oxygen atoms in total. The van der Waals surface area contributed by atoms with E-state index in [1.165, 1.54) is 7.11 Å². The van der Waals surface area contributed by atoms with E-state index in [1.807, 2.05) is 6.07 Å². The lowest BCUT2D eigenvalue weighted by atomic mass is 9.92. The van der Waals surface area contributed by atoms with Crippen LogP contribution >= 0.6 is 0 Å². The van der Waals surface area contributed by atoms with Gasteiger partial charge in [-0.3, -0.25) is 4.79 Å². The first-order chi connectivity index (χ1) is 7.70. The molecule has 0 amide bonds. The molecule has 0 fully saturated rings. The maximum atomic E-state index is 11.2. The molecule has 1 heterocycles. The number of phenolic OH excluding ortho intramolecular Hbond substituents is 1. The van der Waals surface area contributed by atoms with Crippen molar-refractivity contribution in [1.29, 1.82) is 0 Å². The fraction of sp³-hybridized carbons (Fsp3) is 0.417. The van der Waals surface area contributed by atoms with Gasteiger partial charge < -0.3 is 15.2 Å². The Morgan fingerprint density at radius 3 is 3.19 bits per heavy atom. The molecule has 1 aliphatic rings. The largest absolute Gasteiger partial charge is 0.508 e. The predicted molar refractivity (Wildman–Crippen MR) is 59.2 cm³/mol. The number of benzene rings is 1. The Labute approximate surface area is 94.2 Å². The lowest BCUT2D eigenvalue weighted by Crippen LogP contribution is -2.31. The number of hydrogen-bond donors (Lipinski definition) is 2. The second-order valence-electron chi connectivity index (χ2n) is 3.92. The first kappa shape index (κ1) is 11.0. The summed E-state index contributed by atoms with van der Waals surface area (Å²) in [7, 11) is 1.39. The Kier molecular flexibility index (Phi) is 3.10. The topological polar surface area (TPSA) is 58.6 Å². The quantitative estimate of drug-likeness (QED) is 0.735. The number of phenols is 1. The lowest BCUT2D eigenvalue weighted by molar-refractivity contribution is -0.141. The monoisotopic (exact) mass is 221 g/mol. The van der Waals surface area contributed by atoms with E-state index < -0.39 is 0 Å². The van der Waals surface area contributed by atoms with Gasteiger partial charge in [-0.1, -0.05) is 6.07 Å². The van der Waals surface area contributed by atoms with Gasteiger partial charge in [-0.15, -0.1) is 0 Å². The van der Waals surface area contributed by atoms with Crippen LogP contribution in [0.3, 0.4) is 0 Å². The van der Waals surface area contributed by atoms with Crippen molar-refractivity contribution >= 4 is 5.97 Å². The van der Waals surface area contributed by atoms with Crippen LogP contribution in [0.15, 0.2) is 18.2 Å². The van der Waals surface area contributed by atoms with Crippen LogP contribution in [0.1, 0.15) is 23.6 Å². The van der Waals surface area contributed by atoms with E-state index in [4.69, 9.17) is 0 Å². The average molecular weight is 221 g/mol. The van der Waals surface area contributed by atoms with E-state index >= 15 is 0 Å². The van der Waals surface area contributed by atoms with E-state index in [0.717, 1.165) is 24.1 Å². The molecule has 0 radical (unpaired) electrons. The van der Waals surface area contributed by atoms with E-state index in [1.54, 1.807) is 12.1 Å². The summed E-state index contributed by atoms with van der Waals surface area (Å²) >= 11 is 0. The molecule has 0 aromatic heterocycles. The molecular formula is C12H15NO3. The zero-order valence-electron chi connectivity index (χ0n) is 9.19. The van der Waals surface area contributed by atoms with Gasteiger partial charge >= 0.3 is 5.97 Å². The fourth-order valence-electron chi connectivity index (χ4n) is 2.07. The zero-order valence-corrected chi connectivity index (χ0v) is 9.19. The van der Waals surface area contributed by atoms with Crippen LogP contribution < -0.4 is 5.32 Å². The maximum absolute atomic E-state index is 11.2. The summed E-state index contributed by atoms with van der Waals surface area (Å²) in [5.41, 5.74) is 2.18. The van der Waals surface area contributed by atoms with Gasteiger partial charge in [0.2, 0.25) is 0 Å². The van der Waals surface area contributed by atoms with Crippen LogP contribution in [0.2, 0.25) is 0 Å². The molecule has 1 aromatic carbocycles. The molecule has 86 valence electrons. The lowest BCUT2D eigenvalue weighted by Gasteiger charge is -2.26. The Balaban J connectivity index is 2.23. The van der Waals surface area contributed by atoms with Crippen LogP contribution in [-0.2, 0) is 16.0 Å². The van der Waals surface area contributed by atoms with Crippen LogP contribution in [0, 0.1) is 0 Å². The summed E-state index contributed by atoms with van der Waals surface area (Å²) in [4.78, 5) is 11.2. The number of rotatable bonds is 2. The highest BCUT2D eigenvalue weighted by Crippen LogP contribution is 2.28. The first-order valence-corrected chi connectivity index (χ1v) is 5.32. The number of esters is 1. The summed E-state index contributed by atoms with van der Waals surface area (Å²) in [5, 5.41) is 12.7. The standard InChI is InChI=1S/C12H15NO3/c1-16-12(15)7-11-10-3-2-9(14)6-8(10)4-5-13-11/h2-3,6,11,13-14H,4-5,7H2,1H3. The molecule has 4 heteroatoms. The Morgan fingerprint density at radius 2 is 2.44 bits per heavy atom. The average Bonchev–Trinajstić information content (AvgIpc) is 2.28. The van der Waals surface area contributed by atoms with Gasteiger partial charge in [0, 0.05) is 6.04 Å². The van der Waals surface area contributed by atoms with Crippen LogP contribution in [0.25, 0.3) is 0 Å². The summed E-state index contributed by atoms with van der Waals surface area (Å²) in [6, 6.07) is 5.28. The van der Waals surface area contributed by atoms with Gasteiger partial charge in [0.1, 0.15) is 5.75 Å². The van der Waals surface area contributed by atoms with Crippen LogP contribution in [-0.4, -0.2) is 24.7 Å². The molecule has 16 heavy (non-hydrogen) atoms. The van der Waals surface area contributed by atoms with Crippen molar-refractivity contribution in [3.63, 3.8) is 0 Å². The summed E-state index contributed by atoms with van der Waals surface area (Å²) in [6.07, 6.45) is 1.20. The molecule has 2 rings (SSSR count). The number of fused-ring (bicyclic) bond motifs is 1. The molecule has 0 aliphatic carbocycles. The number of nitrogens with one attached hydrogen (secondary N) is 1. The van der Waals surface area contributed by atoms with E-state index in [2.05, 4.69) is 10.1 Å². The number of methoxy groups -OCH3 is 1. The van der Waals surface area contributed by atoms with Gasteiger partial charge in [0.05, 0.1) is 13.5 Å². The molecule has 0 saturated heterocycles. The summed E-state index contributed by atoms with van der Waals surface area (Å²) in [6.45, 7) is 0.818. The summed E-state index contributed by atoms with van der Waals surface area (Å²) in [5.74, 6) is 0.0518. The molecule has 1 unspecified atom stereocenters. The third kappa shape index (κ3) is 2.17. The van der Waals surface area contributed by atoms with Gasteiger partial charge in [0.15, 0.2) is 0 Å². The van der Waals surface area contributed by atoms with Crippen molar-refractivity contribution < 1.29 is 14.6 Å². The number of aromatic hydroxyl groups is 1. The zero-order chi connectivity index (χ0) is 11.5. The van der Waals surface area contributed by atoms with Crippen molar-refractivity contribution in [2.24, 2.45) is 0 Å². The van der Waals surface area contributed by atoms with Gasteiger partial charge in [-0.25, -0.2) is 0 Å². The summed E-state index contributed by atoms with van der Waals surface area (Å²) < 4.78 is 4.66. The molecule has 1 aromatic rings. The molecule has 2 N–H and O–H groups in total. The smallest absolute Gasteiger partial charge is 0.307 e. The number of hydrogen-bond acceptors (Lipinski definition) is 4. The predicted octanol–water partition coefficient (Wildman–Crippen LogP) is 1.14. The highest BCUT2D eigenvalue weighted by Gasteiger charge is 2.22. The molecule has 1 aliphatic heterocycles. The van der Waals surface area contributed by atoms with Crippen molar-refractivity contribution in [3.05, 3.63) is 29.3 Å². The van der Waals surface area contributed by atoms with E-state index in [0.29, 0.717) is 6.42 Å². The van der Waals surface area contributed by atoms with Crippen molar-refractivity contribution in [3.8, 4) is 5.75 Å². The number of carbonyl (C=O) groups is 1. The maximum Gasteiger partial charge on any atom is 0.307 e. The molecule has 0 spiro atoms. The fourth-order valence-corrected chi connectivity index (χ4v) is 2.07. The van der Waals surface area contributed by atoms with Gasteiger partial charge in [0.25, 0.3) is 0 Å². The van der Waals surface area contributed by atoms with Crippen molar-refractivity contribution in [2.75, 3.05) is 13.7 Å². The Bertz CT molecular complexity index is 403. The highest BCUT2D eigenvalue weighted by atomic mass is 16.5. The highest BCUT2D eigenvalue weighted by molar-refractivity contribution is 5.70. The van der Waals surface area contributed by atoms with Crippen molar-refractivity contribution in [1.82, 2.24) is 5.32 Å². The molecular weight excluding hydrogens is 206 g/mol. The SMILES string of the molecule is COC(=O)CC1NCCc2cc(O)ccc21. The molecule has 0 bridgehead atoms. The van der Waals surface area contributed by atoms with Crippen LogP contribution in [0.5, 0.6) is 5.75 Å². The van der Waals surface area contributed by atoms with Crippen LogP contribution in [0.4, 0.5) is 0 Å². The van der Waals surface area contributed by atoms with E-state index in [9.17, 15) is 9.90 Å². The van der Waals surface area contributed by atoms with Gasteiger partial charge in [-0.05, 0) is 36.2 Å². The number of carbonyl (C=O) groups excluding carboxylic acids is 1. The Morgan fingerprint density at radius 1 is 1.62 bits per heavy atom.